The largest absolute Gasteiger partial charge is 0.504 e. The number of piperidine rings is 2. The van der Waals surface area contributed by atoms with Crippen molar-refractivity contribution in [1.82, 2.24) is 16.0 Å². The molecule has 354 valence electrons. The van der Waals surface area contributed by atoms with E-state index in [1.807, 2.05) is 6.07 Å². The third-order valence-corrected chi connectivity index (χ3v) is 17.4. The number of benzene rings is 1. The zero-order chi connectivity index (χ0) is 45.2. The molecular weight excluding hydrogens is 815 g/mol. The number of ether oxygens (including phenoxy) is 3. The summed E-state index contributed by atoms with van der Waals surface area (Å²) in [5.74, 6) is 5.93. The van der Waals surface area contributed by atoms with Crippen LogP contribution in [0.4, 0.5) is 0 Å². The van der Waals surface area contributed by atoms with Gasteiger partial charge >= 0.3 is 11.9 Å². The molecule has 8 rings (SSSR count). The van der Waals surface area contributed by atoms with Crippen LogP contribution in [0.1, 0.15) is 152 Å². The number of aromatic hydroxyl groups is 1. The Morgan fingerprint density at radius 2 is 1.80 bits per heavy atom. The fourth-order valence-corrected chi connectivity index (χ4v) is 14.4. The Kier molecular flexibility index (Phi) is 14.6. The molecule has 2 saturated heterocycles. The summed E-state index contributed by atoms with van der Waals surface area (Å²) < 4.78 is 20.3. The van der Waals surface area contributed by atoms with E-state index < -0.39 is 47.3 Å². The molecule has 7 aliphatic rings. The summed E-state index contributed by atoms with van der Waals surface area (Å²) in [5.41, 5.74) is -0.219. The van der Waals surface area contributed by atoms with Crippen molar-refractivity contribution in [3.05, 3.63) is 23.3 Å². The summed E-state index contributed by atoms with van der Waals surface area (Å²) in [7, 11) is 1.80. The zero-order valence-electron chi connectivity index (χ0n) is 38.5. The Morgan fingerprint density at radius 3 is 2.52 bits per heavy atom. The van der Waals surface area contributed by atoms with E-state index in [4.69, 9.17) is 14.2 Å². The number of aliphatic hydroxyl groups is 3. The van der Waals surface area contributed by atoms with Crippen molar-refractivity contribution in [2.75, 3.05) is 39.9 Å². The average molecular weight is 890 g/mol. The van der Waals surface area contributed by atoms with Crippen LogP contribution in [0.25, 0.3) is 0 Å². The first-order valence-electron chi connectivity index (χ1n) is 24.8. The SMILES string of the molecule is CNCC(O)CCC1C(CC(C)O)CC#CC2CC3c4c(ccc(O)c4OCC3C3(CO)CCCC3)C2C2(CCNCC2)C(OC(=O)C23CCCCC2CCC(=O)N3)CC1OC(C)=O. The van der Waals surface area contributed by atoms with Gasteiger partial charge in [-0.1, -0.05) is 37.7 Å². The number of esters is 2. The third kappa shape index (κ3) is 9.04. The van der Waals surface area contributed by atoms with Gasteiger partial charge in [0, 0.05) is 79.4 Å². The molecule has 3 aliphatic heterocycles. The Bertz CT molecular complexity index is 1900. The predicted octanol–water partition coefficient (Wildman–Crippen LogP) is 5.35. The molecule has 12 unspecified atom stereocenters. The molecule has 64 heavy (non-hydrogen) atoms. The van der Waals surface area contributed by atoms with E-state index >= 15 is 4.79 Å². The standard InChI is InChI=1S/C51H75N3O10/c1-31(56)25-33-9-8-10-34-26-39-40(49(30-55)18-6-7-19-49)29-62-47-41(59)16-15-38(45(39)47)46(34)50(21-23-53-24-22-50)43(27-42(63-32(2)57)37(33)14-13-36(58)28-52-3)64-48(61)51-20-5-4-11-35(51)12-17-44(60)54-51/h15-16,31,33-37,39-40,42-43,46,52-53,55-56,58-59H,4-7,9,11-14,17-30H2,1-3H3,(H,54,60). The number of hydrogen-bond acceptors (Lipinski definition) is 12. The van der Waals surface area contributed by atoms with Crippen LogP contribution in [-0.4, -0.2) is 108 Å². The highest BCUT2D eigenvalue weighted by atomic mass is 16.6. The van der Waals surface area contributed by atoms with Crippen LogP contribution in [0.2, 0.25) is 0 Å². The minimum absolute atomic E-state index is 0.00795. The summed E-state index contributed by atoms with van der Waals surface area (Å²) in [6.45, 7) is 5.32. The number of likely N-dealkylation sites (N-methyl/N-ethyl adjacent to an activating group) is 1. The van der Waals surface area contributed by atoms with Crippen molar-refractivity contribution in [3.8, 4) is 23.3 Å². The number of carbonyl (C=O) groups is 3. The van der Waals surface area contributed by atoms with Crippen LogP contribution < -0.4 is 20.7 Å². The molecule has 4 aliphatic carbocycles. The number of phenols is 1. The van der Waals surface area contributed by atoms with Gasteiger partial charge in [-0.3, -0.25) is 9.59 Å². The number of carbonyl (C=O) groups excluding carboxylic acids is 3. The fourth-order valence-electron chi connectivity index (χ4n) is 14.4. The van der Waals surface area contributed by atoms with Gasteiger partial charge in [-0.05, 0) is 127 Å². The molecule has 1 aromatic carbocycles. The molecular formula is C51H75N3O10. The Balaban J connectivity index is 1.33. The van der Waals surface area contributed by atoms with Gasteiger partial charge in [-0.15, -0.1) is 5.92 Å². The Labute approximate surface area is 379 Å². The summed E-state index contributed by atoms with van der Waals surface area (Å²) in [5, 5.41) is 54.7. The molecule has 1 amide bonds. The number of aliphatic hydroxyl groups excluding tert-OH is 3. The second-order valence-electron chi connectivity index (χ2n) is 21.1. The van der Waals surface area contributed by atoms with Gasteiger partial charge in [-0.25, -0.2) is 4.79 Å². The number of phenolic OH excluding ortho intramolecular Hbond substituents is 1. The molecule has 0 radical (unpaired) electrons. The molecule has 3 heterocycles. The fraction of sp³-hybridized carbons (Fsp3) is 0.784. The number of amides is 1. The quantitative estimate of drug-likeness (QED) is 0.105. The maximum atomic E-state index is 15.5. The van der Waals surface area contributed by atoms with Gasteiger partial charge in [-0.2, -0.15) is 0 Å². The summed E-state index contributed by atoms with van der Waals surface area (Å²) in [6, 6.07) is 3.77. The van der Waals surface area contributed by atoms with Crippen molar-refractivity contribution >= 4 is 17.8 Å². The number of rotatable bonds is 12. The summed E-state index contributed by atoms with van der Waals surface area (Å²) in [4.78, 5) is 42.1. The molecule has 0 bridgehead atoms. The summed E-state index contributed by atoms with van der Waals surface area (Å²) in [6.07, 6.45) is 8.93. The summed E-state index contributed by atoms with van der Waals surface area (Å²) >= 11 is 0. The third-order valence-electron chi connectivity index (χ3n) is 17.4. The van der Waals surface area contributed by atoms with Crippen LogP contribution in [-0.2, 0) is 23.9 Å². The Morgan fingerprint density at radius 1 is 1.03 bits per heavy atom. The second-order valence-corrected chi connectivity index (χ2v) is 21.1. The van der Waals surface area contributed by atoms with Crippen molar-refractivity contribution < 1.29 is 49.0 Å². The maximum Gasteiger partial charge on any atom is 0.332 e. The molecule has 1 spiro atoms. The zero-order valence-corrected chi connectivity index (χ0v) is 38.5. The molecule has 13 nitrogen and oxygen atoms in total. The molecule has 4 fully saturated rings. The molecule has 12 atom stereocenters. The van der Waals surface area contributed by atoms with E-state index in [1.165, 1.54) is 6.92 Å². The highest BCUT2D eigenvalue weighted by Gasteiger charge is 2.60. The molecule has 1 aromatic rings. The van der Waals surface area contributed by atoms with E-state index in [0.29, 0.717) is 96.2 Å². The molecule has 2 saturated carbocycles. The Hall–Kier alpha value is -3.41. The van der Waals surface area contributed by atoms with Crippen molar-refractivity contribution in [2.45, 2.75) is 171 Å². The first-order valence-corrected chi connectivity index (χ1v) is 24.8. The minimum Gasteiger partial charge on any atom is -0.504 e. The molecule has 13 heteroatoms. The molecule has 7 N–H and O–H groups in total. The maximum absolute atomic E-state index is 15.5. The van der Waals surface area contributed by atoms with Crippen molar-refractivity contribution in [1.29, 1.82) is 0 Å². The second kappa shape index (κ2) is 19.8. The smallest absolute Gasteiger partial charge is 0.332 e. The topological polar surface area (TPSA) is 196 Å². The number of hydrogen-bond donors (Lipinski definition) is 7. The lowest BCUT2D eigenvalue weighted by Gasteiger charge is -2.56. The first kappa shape index (κ1) is 47.1. The van der Waals surface area contributed by atoms with Crippen LogP contribution in [0.15, 0.2) is 12.1 Å². The van der Waals surface area contributed by atoms with Gasteiger partial charge in [0.1, 0.15) is 17.7 Å². The highest BCUT2D eigenvalue weighted by molar-refractivity contribution is 5.90. The van der Waals surface area contributed by atoms with Gasteiger partial charge in [0.25, 0.3) is 0 Å². The van der Waals surface area contributed by atoms with E-state index in [2.05, 4.69) is 27.8 Å². The van der Waals surface area contributed by atoms with E-state index in [9.17, 15) is 30.0 Å². The molecule has 0 aromatic heterocycles. The van der Waals surface area contributed by atoms with E-state index in [0.717, 1.165) is 56.1 Å². The van der Waals surface area contributed by atoms with Crippen LogP contribution in [0, 0.1) is 52.3 Å². The van der Waals surface area contributed by atoms with Crippen LogP contribution in [0.5, 0.6) is 11.5 Å². The first-order chi connectivity index (χ1) is 30.8. The minimum atomic E-state index is -1.16. The predicted molar refractivity (Wildman–Crippen MR) is 240 cm³/mol. The van der Waals surface area contributed by atoms with Gasteiger partial charge in [0.2, 0.25) is 5.91 Å². The van der Waals surface area contributed by atoms with E-state index in [-0.39, 0.29) is 71.5 Å². The van der Waals surface area contributed by atoms with E-state index in [1.54, 1.807) is 20.0 Å². The highest BCUT2D eigenvalue weighted by Crippen LogP contribution is 2.65. The average Bonchev–Trinajstić information content (AvgIpc) is 3.76. The lowest BCUT2D eigenvalue weighted by molar-refractivity contribution is -0.183. The number of fused-ring (bicyclic) bond motifs is 4. The lowest BCUT2D eigenvalue weighted by Crippen LogP contribution is -2.65. The normalized spacial score (nSPS) is 35.0. The monoisotopic (exact) mass is 890 g/mol. The van der Waals surface area contributed by atoms with Gasteiger partial charge < -0.3 is 50.6 Å². The van der Waals surface area contributed by atoms with Gasteiger partial charge in [0.05, 0.1) is 18.8 Å². The number of nitrogens with one attached hydrogen (secondary N) is 3. The van der Waals surface area contributed by atoms with Crippen molar-refractivity contribution in [3.63, 3.8) is 0 Å². The van der Waals surface area contributed by atoms with Gasteiger partial charge in [0.15, 0.2) is 11.5 Å². The lowest BCUT2D eigenvalue weighted by atomic mass is 9.51. The van der Waals surface area contributed by atoms with Crippen LogP contribution in [0.3, 0.4) is 0 Å². The van der Waals surface area contributed by atoms with Crippen LogP contribution >= 0.6 is 0 Å². The van der Waals surface area contributed by atoms with Crippen molar-refractivity contribution in [2.24, 2.45) is 40.4 Å².